The van der Waals surface area contributed by atoms with Gasteiger partial charge in [0.15, 0.2) is 0 Å². The van der Waals surface area contributed by atoms with Crippen LogP contribution in [0, 0.1) is 0 Å². The van der Waals surface area contributed by atoms with Crippen molar-refractivity contribution in [3.05, 3.63) is 0 Å². The Kier molecular flexibility index (Phi) is 4.21. The lowest BCUT2D eigenvalue weighted by atomic mass is 10.1. The molecule has 0 bridgehead atoms. The number of hydrogen-bond donors (Lipinski definition) is 0. The fourth-order valence-corrected chi connectivity index (χ4v) is 3.99. The number of thioether (sulfide) groups is 1. The molecule has 2 fully saturated rings. The van der Waals surface area contributed by atoms with Crippen molar-refractivity contribution < 1.29 is 4.79 Å². The number of carbonyl (C=O) groups is 1. The Balaban J connectivity index is 1.93. The second-order valence-corrected chi connectivity index (χ2v) is 5.96. The molecule has 0 N–H and O–H groups in total. The fourth-order valence-electron chi connectivity index (χ4n) is 2.41. The first-order valence-corrected chi connectivity index (χ1v) is 7.39. The van der Waals surface area contributed by atoms with Crippen LogP contribution >= 0.6 is 23.4 Å². The molecule has 0 saturated carbocycles. The molecule has 15 heavy (non-hydrogen) atoms. The van der Waals surface area contributed by atoms with Gasteiger partial charge in [-0.2, -0.15) is 0 Å². The molecule has 1 amide bonds. The van der Waals surface area contributed by atoms with E-state index in [9.17, 15) is 4.79 Å². The maximum absolute atomic E-state index is 12.2. The van der Waals surface area contributed by atoms with E-state index in [1.807, 2.05) is 16.7 Å². The number of alkyl halides is 1. The Bertz CT molecular complexity index is 231. The number of amides is 1. The van der Waals surface area contributed by atoms with Gasteiger partial charge < -0.3 is 4.90 Å². The molecule has 0 spiro atoms. The first-order chi connectivity index (χ1) is 7.33. The van der Waals surface area contributed by atoms with Crippen LogP contribution < -0.4 is 0 Å². The molecule has 2 saturated heterocycles. The Labute approximate surface area is 101 Å². The summed E-state index contributed by atoms with van der Waals surface area (Å²) in [5.41, 5.74) is 0. The van der Waals surface area contributed by atoms with E-state index >= 15 is 0 Å². The van der Waals surface area contributed by atoms with Gasteiger partial charge in [0.1, 0.15) is 0 Å². The third-order valence-electron chi connectivity index (χ3n) is 3.29. The lowest BCUT2D eigenvalue weighted by Gasteiger charge is -2.29. The van der Waals surface area contributed by atoms with E-state index in [0.717, 1.165) is 31.6 Å². The van der Waals surface area contributed by atoms with Crippen LogP contribution in [0.25, 0.3) is 0 Å². The quantitative estimate of drug-likeness (QED) is 0.699. The first kappa shape index (κ1) is 11.6. The van der Waals surface area contributed by atoms with Gasteiger partial charge >= 0.3 is 0 Å². The van der Waals surface area contributed by atoms with Crippen LogP contribution in [0.5, 0.6) is 0 Å². The first-order valence-electron chi connectivity index (χ1n) is 5.81. The lowest BCUT2D eigenvalue weighted by molar-refractivity contribution is -0.131. The zero-order valence-electron chi connectivity index (χ0n) is 8.95. The molecule has 2 nitrogen and oxygen atoms in total. The summed E-state index contributed by atoms with van der Waals surface area (Å²) >= 11 is 7.72. The monoisotopic (exact) mass is 247 g/mol. The molecule has 0 aromatic rings. The average Bonchev–Trinajstić information content (AvgIpc) is 2.77. The number of hydrogen-bond acceptors (Lipinski definition) is 2. The average molecular weight is 248 g/mol. The lowest BCUT2D eigenvalue weighted by Crippen LogP contribution is -2.42. The molecule has 0 radical (unpaired) electrons. The van der Waals surface area contributed by atoms with E-state index in [1.165, 1.54) is 12.8 Å². The highest BCUT2D eigenvalue weighted by Gasteiger charge is 2.33. The van der Waals surface area contributed by atoms with Gasteiger partial charge in [0, 0.05) is 18.5 Å². The van der Waals surface area contributed by atoms with Crippen molar-refractivity contribution in [3.8, 4) is 0 Å². The predicted molar refractivity (Wildman–Crippen MR) is 65.6 cm³/mol. The molecular formula is C11H18ClNOS. The smallest absolute Gasteiger partial charge is 0.235 e. The summed E-state index contributed by atoms with van der Waals surface area (Å²) in [6, 6.07) is 0.307. The maximum Gasteiger partial charge on any atom is 0.235 e. The van der Waals surface area contributed by atoms with Crippen molar-refractivity contribution in [1.82, 2.24) is 4.90 Å². The van der Waals surface area contributed by atoms with Gasteiger partial charge in [-0.25, -0.2) is 0 Å². The minimum Gasteiger partial charge on any atom is -0.338 e. The number of rotatable bonds is 2. The van der Waals surface area contributed by atoms with Gasteiger partial charge in [-0.3, -0.25) is 4.79 Å². The van der Waals surface area contributed by atoms with Crippen LogP contribution in [0.3, 0.4) is 0 Å². The molecule has 2 heterocycles. The van der Waals surface area contributed by atoms with Gasteiger partial charge in [0.05, 0.1) is 5.25 Å². The summed E-state index contributed by atoms with van der Waals surface area (Å²) in [5, 5.41) is 0.225. The minimum atomic E-state index is 0.225. The van der Waals surface area contributed by atoms with Crippen LogP contribution in [-0.4, -0.2) is 40.3 Å². The highest BCUT2D eigenvalue weighted by atomic mass is 35.5. The van der Waals surface area contributed by atoms with Crippen LogP contribution in [-0.2, 0) is 4.79 Å². The van der Waals surface area contributed by atoms with Crippen molar-refractivity contribution in [2.75, 3.05) is 18.2 Å². The summed E-state index contributed by atoms with van der Waals surface area (Å²) in [5.74, 6) is 2.10. The Morgan fingerprint density at radius 1 is 1.33 bits per heavy atom. The highest BCUT2D eigenvalue weighted by molar-refractivity contribution is 8.00. The summed E-state index contributed by atoms with van der Waals surface area (Å²) in [6.45, 7) is 0.924. The van der Waals surface area contributed by atoms with Gasteiger partial charge in [-0.05, 0) is 31.4 Å². The number of likely N-dealkylation sites (tertiary alicyclic amines) is 1. The summed E-state index contributed by atoms with van der Waals surface area (Å²) in [4.78, 5) is 14.2. The van der Waals surface area contributed by atoms with Crippen molar-refractivity contribution in [2.45, 2.75) is 43.4 Å². The molecule has 2 aliphatic rings. The SMILES string of the molecule is O=C(C1CCCCS1)N1CCC[C@H]1CCl. The third kappa shape index (κ3) is 2.62. The minimum absolute atomic E-state index is 0.225. The van der Waals surface area contributed by atoms with Crippen LogP contribution in [0.2, 0.25) is 0 Å². The zero-order valence-corrected chi connectivity index (χ0v) is 10.5. The van der Waals surface area contributed by atoms with Gasteiger partial charge in [0.2, 0.25) is 5.91 Å². The largest absolute Gasteiger partial charge is 0.338 e. The zero-order chi connectivity index (χ0) is 10.7. The molecule has 2 rings (SSSR count). The molecule has 86 valence electrons. The van der Waals surface area contributed by atoms with Crippen LogP contribution in [0.15, 0.2) is 0 Å². The van der Waals surface area contributed by atoms with E-state index in [0.29, 0.717) is 17.8 Å². The number of nitrogens with zero attached hydrogens (tertiary/aromatic N) is 1. The van der Waals surface area contributed by atoms with E-state index in [2.05, 4.69) is 0 Å². The molecule has 0 aliphatic carbocycles. The summed E-state index contributed by atoms with van der Waals surface area (Å²) in [6.07, 6.45) is 5.76. The Hall–Kier alpha value is 0.110. The van der Waals surface area contributed by atoms with E-state index in [1.54, 1.807) is 0 Å². The molecule has 0 aromatic heterocycles. The maximum atomic E-state index is 12.2. The molecule has 1 unspecified atom stereocenters. The Morgan fingerprint density at radius 3 is 2.87 bits per heavy atom. The number of carbonyl (C=O) groups excluding carboxylic acids is 1. The van der Waals surface area contributed by atoms with E-state index in [-0.39, 0.29) is 5.25 Å². The van der Waals surface area contributed by atoms with Crippen molar-refractivity contribution in [3.63, 3.8) is 0 Å². The molecule has 2 aliphatic heterocycles. The highest BCUT2D eigenvalue weighted by Crippen LogP contribution is 2.29. The summed E-state index contributed by atoms with van der Waals surface area (Å²) < 4.78 is 0. The predicted octanol–water partition coefficient (Wildman–Crippen LogP) is 2.50. The van der Waals surface area contributed by atoms with E-state index in [4.69, 9.17) is 11.6 Å². The standard InChI is InChI=1S/C11H18ClNOS/c12-8-9-4-3-6-13(9)11(14)10-5-1-2-7-15-10/h9-10H,1-8H2/t9-,10?/m0/s1. The third-order valence-corrected chi connectivity index (χ3v) is 5.01. The van der Waals surface area contributed by atoms with Crippen LogP contribution in [0.1, 0.15) is 32.1 Å². The van der Waals surface area contributed by atoms with Gasteiger partial charge in [-0.15, -0.1) is 23.4 Å². The Morgan fingerprint density at radius 2 is 2.20 bits per heavy atom. The second-order valence-electron chi connectivity index (χ2n) is 4.34. The van der Waals surface area contributed by atoms with Gasteiger partial charge in [-0.1, -0.05) is 6.42 Å². The van der Waals surface area contributed by atoms with Crippen molar-refractivity contribution in [2.24, 2.45) is 0 Å². The van der Waals surface area contributed by atoms with Crippen molar-refractivity contribution >= 4 is 29.3 Å². The van der Waals surface area contributed by atoms with E-state index < -0.39 is 0 Å². The molecule has 2 atom stereocenters. The van der Waals surface area contributed by atoms with Gasteiger partial charge in [0.25, 0.3) is 0 Å². The van der Waals surface area contributed by atoms with Crippen molar-refractivity contribution in [1.29, 1.82) is 0 Å². The number of halogens is 1. The second kappa shape index (κ2) is 5.44. The van der Waals surface area contributed by atoms with Crippen LogP contribution in [0.4, 0.5) is 0 Å². The molecule has 0 aromatic carbocycles. The fraction of sp³-hybridized carbons (Fsp3) is 0.909. The normalized spacial score (nSPS) is 31.9. The topological polar surface area (TPSA) is 20.3 Å². The molecular weight excluding hydrogens is 230 g/mol. The summed E-state index contributed by atoms with van der Waals surface area (Å²) in [7, 11) is 0. The molecule has 4 heteroatoms.